The van der Waals surface area contributed by atoms with Gasteiger partial charge >= 0.3 is 0 Å². The summed E-state index contributed by atoms with van der Waals surface area (Å²) in [5.41, 5.74) is 3.55. The molecule has 0 saturated heterocycles. The zero-order valence-electron chi connectivity index (χ0n) is 12.1. The molecule has 0 radical (unpaired) electrons. The number of aryl methyl sites for hydroxylation is 2. The highest BCUT2D eigenvalue weighted by Gasteiger charge is 2.11. The van der Waals surface area contributed by atoms with Crippen molar-refractivity contribution in [3.63, 3.8) is 0 Å². The molecule has 0 aliphatic heterocycles. The van der Waals surface area contributed by atoms with E-state index in [1.807, 2.05) is 14.1 Å². The second kappa shape index (κ2) is 6.17. The van der Waals surface area contributed by atoms with E-state index in [2.05, 4.69) is 34.6 Å². The third kappa shape index (κ3) is 3.14. The first-order valence-electron chi connectivity index (χ1n) is 6.89. The van der Waals surface area contributed by atoms with E-state index >= 15 is 0 Å². The fourth-order valence-electron chi connectivity index (χ4n) is 2.33. The highest BCUT2D eigenvalue weighted by atomic mass is 16.3. The summed E-state index contributed by atoms with van der Waals surface area (Å²) in [4.78, 5) is 6.88. The number of aliphatic hydroxyl groups excluding tert-OH is 1. The molecule has 4 heteroatoms. The van der Waals surface area contributed by atoms with Gasteiger partial charge in [-0.15, -0.1) is 0 Å². The van der Waals surface area contributed by atoms with Crippen molar-refractivity contribution >= 4 is 11.0 Å². The van der Waals surface area contributed by atoms with Gasteiger partial charge in [0.05, 0.1) is 17.6 Å². The topological polar surface area (TPSA) is 41.3 Å². The Bertz CT molecular complexity index is 546. The lowest BCUT2D eigenvalue weighted by Gasteiger charge is -2.12. The minimum Gasteiger partial charge on any atom is -0.396 e. The molecule has 0 fully saturated rings. The van der Waals surface area contributed by atoms with Gasteiger partial charge in [0.1, 0.15) is 5.82 Å². The Morgan fingerprint density at radius 3 is 2.74 bits per heavy atom. The molecule has 0 aliphatic carbocycles. The number of aromatic nitrogens is 2. The second-order valence-corrected chi connectivity index (χ2v) is 5.17. The van der Waals surface area contributed by atoms with Crippen molar-refractivity contribution in [2.24, 2.45) is 0 Å². The maximum atomic E-state index is 9.05. The summed E-state index contributed by atoms with van der Waals surface area (Å²) < 4.78 is 2.23. The number of hydrogen-bond acceptors (Lipinski definition) is 3. The van der Waals surface area contributed by atoms with E-state index in [9.17, 15) is 0 Å². The molecular formula is C15H23N3O. The van der Waals surface area contributed by atoms with Crippen LogP contribution in [0.25, 0.3) is 11.0 Å². The standard InChI is InChI=1S/C15H23N3O/c1-4-12-6-7-14-13(10-12)16-15(11-17(2)3)18(14)8-5-9-19/h6-7,10,19H,4-5,8-9,11H2,1-3H3. The molecular weight excluding hydrogens is 238 g/mol. The van der Waals surface area contributed by atoms with Gasteiger partial charge in [-0.1, -0.05) is 13.0 Å². The zero-order chi connectivity index (χ0) is 13.8. The van der Waals surface area contributed by atoms with Gasteiger partial charge in [0.15, 0.2) is 0 Å². The van der Waals surface area contributed by atoms with Crippen molar-refractivity contribution in [2.75, 3.05) is 20.7 Å². The van der Waals surface area contributed by atoms with Crippen LogP contribution in [0.5, 0.6) is 0 Å². The van der Waals surface area contributed by atoms with Crippen molar-refractivity contribution in [1.82, 2.24) is 14.5 Å². The van der Waals surface area contributed by atoms with Gasteiger partial charge < -0.3 is 14.6 Å². The van der Waals surface area contributed by atoms with Crippen molar-refractivity contribution in [1.29, 1.82) is 0 Å². The molecule has 104 valence electrons. The summed E-state index contributed by atoms with van der Waals surface area (Å²) >= 11 is 0. The summed E-state index contributed by atoms with van der Waals surface area (Å²) in [6.07, 6.45) is 1.80. The van der Waals surface area contributed by atoms with Crippen molar-refractivity contribution < 1.29 is 5.11 Å². The third-order valence-electron chi connectivity index (χ3n) is 3.30. The summed E-state index contributed by atoms with van der Waals surface area (Å²) in [5.74, 6) is 1.07. The molecule has 4 nitrogen and oxygen atoms in total. The molecule has 0 unspecified atom stereocenters. The molecule has 1 N–H and O–H groups in total. The fourth-order valence-corrected chi connectivity index (χ4v) is 2.33. The Kier molecular flexibility index (Phi) is 4.56. The molecule has 0 amide bonds. The highest BCUT2D eigenvalue weighted by molar-refractivity contribution is 5.77. The van der Waals surface area contributed by atoms with Crippen LogP contribution >= 0.6 is 0 Å². The van der Waals surface area contributed by atoms with E-state index < -0.39 is 0 Å². The highest BCUT2D eigenvalue weighted by Crippen LogP contribution is 2.19. The Labute approximate surface area is 114 Å². The van der Waals surface area contributed by atoms with Crippen LogP contribution in [-0.2, 0) is 19.5 Å². The van der Waals surface area contributed by atoms with Crippen LogP contribution in [0.3, 0.4) is 0 Å². The minimum absolute atomic E-state index is 0.216. The first kappa shape index (κ1) is 14.0. The molecule has 0 aliphatic rings. The number of nitrogens with zero attached hydrogens (tertiary/aromatic N) is 3. The van der Waals surface area contributed by atoms with E-state index in [0.717, 1.165) is 37.3 Å². The van der Waals surface area contributed by atoms with Gasteiger partial charge in [-0.3, -0.25) is 0 Å². The van der Waals surface area contributed by atoms with E-state index in [0.29, 0.717) is 0 Å². The number of rotatable bonds is 6. The lowest BCUT2D eigenvalue weighted by atomic mass is 10.1. The summed E-state index contributed by atoms with van der Waals surface area (Å²) in [6.45, 7) is 4.02. The van der Waals surface area contributed by atoms with Crippen LogP contribution in [0.1, 0.15) is 24.7 Å². The average Bonchev–Trinajstić information content (AvgIpc) is 2.71. The first-order chi connectivity index (χ1) is 9.15. The third-order valence-corrected chi connectivity index (χ3v) is 3.30. The molecule has 2 rings (SSSR count). The molecule has 0 spiro atoms. The van der Waals surface area contributed by atoms with Gasteiger partial charge in [-0.25, -0.2) is 4.98 Å². The second-order valence-electron chi connectivity index (χ2n) is 5.17. The fraction of sp³-hybridized carbons (Fsp3) is 0.533. The minimum atomic E-state index is 0.216. The number of fused-ring (bicyclic) bond motifs is 1. The Balaban J connectivity index is 2.45. The lowest BCUT2D eigenvalue weighted by molar-refractivity contribution is 0.278. The maximum Gasteiger partial charge on any atom is 0.124 e. The lowest BCUT2D eigenvalue weighted by Crippen LogP contribution is -2.16. The number of aliphatic hydroxyl groups is 1. The molecule has 0 saturated carbocycles. The zero-order valence-corrected chi connectivity index (χ0v) is 12.1. The number of hydrogen-bond donors (Lipinski definition) is 1. The van der Waals surface area contributed by atoms with Crippen LogP contribution in [0, 0.1) is 0 Å². The average molecular weight is 261 g/mol. The summed E-state index contributed by atoms with van der Waals surface area (Å²) in [6, 6.07) is 6.49. The molecule has 0 atom stereocenters. The van der Waals surface area contributed by atoms with Crippen LogP contribution in [0.4, 0.5) is 0 Å². The largest absolute Gasteiger partial charge is 0.396 e. The first-order valence-corrected chi connectivity index (χ1v) is 6.89. The summed E-state index contributed by atoms with van der Waals surface area (Å²) in [7, 11) is 4.10. The molecule has 19 heavy (non-hydrogen) atoms. The van der Waals surface area contributed by atoms with Gasteiger partial charge in [-0.2, -0.15) is 0 Å². The number of benzene rings is 1. The predicted octanol–water partition coefficient (Wildman–Crippen LogP) is 2.04. The SMILES string of the molecule is CCc1ccc2c(c1)nc(CN(C)C)n2CCCO. The van der Waals surface area contributed by atoms with E-state index in [4.69, 9.17) is 10.1 Å². The van der Waals surface area contributed by atoms with Crippen LogP contribution in [0.2, 0.25) is 0 Å². The van der Waals surface area contributed by atoms with Crippen LogP contribution in [0.15, 0.2) is 18.2 Å². The maximum absolute atomic E-state index is 9.05. The Morgan fingerprint density at radius 2 is 2.11 bits per heavy atom. The quantitative estimate of drug-likeness (QED) is 0.865. The van der Waals surface area contributed by atoms with Gasteiger partial charge in [0.2, 0.25) is 0 Å². The van der Waals surface area contributed by atoms with Crippen LogP contribution in [-0.4, -0.2) is 40.3 Å². The smallest absolute Gasteiger partial charge is 0.124 e. The summed E-state index contributed by atoms with van der Waals surface area (Å²) in [5, 5.41) is 9.05. The Morgan fingerprint density at radius 1 is 1.32 bits per heavy atom. The van der Waals surface area contributed by atoms with Crippen LogP contribution < -0.4 is 0 Å². The van der Waals surface area contributed by atoms with Crippen molar-refractivity contribution in [2.45, 2.75) is 32.9 Å². The predicted molar refractivity (Wildman–Crippen MR) is 78.2 cm³/mol. The molecule has 1 aromatic heterocycles. The van der Waals surface area contributed by atoms with E-state index in [1.165, 1.54) is 11.1 Å². The van der Waals surface area contributed by atoms with Crippen molar-refractivity contribution in [3.8, 4) is 0 Å². The van der Waals surface area contributed by atoms with Gasteiger partial charge in [0, 0.05) is 13.2 Å². The Hall–Kier alpha value is -1.39. The molecule has 1 aromatic carbocycles. The molecule has 0 bridgehead atoms. The van der Waals surface area contributed by atoms with Gasteiger partial charge in [0.25, 0.3) is 0 Å². The van der Waals surface area contributed by atoms with E-state index in [1.54, 1.807) is 0 Å². The van der Waals surface area contributed by atoms with E-state index in [-0.39, 0.29) is 6.61 Å². The number of imidazole rings is 1. The molecule has 2 aromatic rings. The van der Waals surface area contributed by atoms with Crippen molar-refractivity contribution in [3.05, 3.63) is 29.6 Å². The normalized spacial score (nSPS) is 11.6. The molecule has 1 heterocycles. The monoisotopic (exact) mass is 261 g/mol. The van der Waals surface area contributed by atoms with Gasteiger partial charge in [-0.05, 0) is 44.6 Å².